The minimum atomic E-state index is -1.07. The zero-order chi connectivity index (χ0) is 20.9. The maximum Gasteiger partial charge on any atom is 0.404 e. The van der Waals surface area contributed by atoms with Gasteiger partial charge in [0, 0.05) is 12.6 Å². The highest BCUT2D eigenvalue weighted by Gasteiger charge is 1.98. The number of aromatic hydroxyl groups is 2. The zero-order valence-corrected chi connectivity index (χ0v) is 15.9. The van der Waals surface area contributed by atoms with Crippen LogP contribution in [-0.4, -0.2) is 61.0 Å². The molecule has 2 aromatic rings. The lowest BCUT2D eigenvalue weighted by molar-refractivity contribution is 0.0373. The molecule has 0 aliphatic carbocycles. The Morgan fingerprint density at radius 3 is 2.07 bits per heavy atom. The number of phenolic OH excluding ortho intramolecular Hbond substituents is 2. The smallest absolute Gasteiger partial charge is 0.404 e. The summed E-state index contributed by atoms with van der Waals surface area (Å²) in [5.41, 5.74) is 1.65. The van der Waals surface area contributed by atoms with Crippen LogP contribution in [-0.2, 0) is 9.47 Å². The van der Waals surface area contributed by atoms with Crippen LogP contribution in [0.2, 0.25) is 0 Å². The van der Waals surface area contributed by atoms with Gasteiger partial charge in [-0.25, -0.2) is 4.79 Å². The summed E-state index contributed by atoms with van der Waals surface area (Å²) < 4.78 is 16.2. The van der Waals surface area contributed by atoms with Crippen LogP contribution in [0.3, 0.4) is 0 Å². The average molecular weight is 403 g/mol. The second-order valence-corrected chi connectivity index (χ2v) is 5.99. The Labute approximate surface area is 169 Å². The fourth-order valence-corrected chi connectivity index (χ4v) is 2.35. The number of phenols is 2. The van der Waals surface area contributed by atoms with E-state index in [1.807, 2.05) is 30.3 Å². The maximum absolute atomic E-state index is 10.2. The number of ether oxygens (including phenoxy) is 3. The average Bonchev–Trinajstić information content (AvgIpc) is 2.68. The summed E-state index contributed by atoms with van der Waals surface area (Å²) >= 11 is 0. The third kappa shape index (κ3) is 9.50. The van der Waals surface area contributed by atoms with Crippen molar-refractivity contribution < 1.29 is 34.3 Å². The van der Waals surface area contributed by atoms with Gasteiger partial charge in [-0.15, -0.1) is 0 Å². The van der Waals surface area contributed by atoms with Gasteiger partial charge in [-0.1, -0.05) is 24.3 Å². The summed E-state index contributed by atoms with van der Waals surface area (Å²) in [7, 11) is 0. The highest BCUT2D eigenvalue weighted by atomic mass is 16.5. The van der Waals surface area contributed by atoms with Gasteiger partial charge < -0.3 is 34.8 Å². The van der Waals surface area contributed by atoms with Crippen molar-refractivity contribution in [3.05, 3.63) is 53.6 Å². The zero-order valence-electron chi connectivity index (χ0n) is 15.9. The van der Waals surface area contributed by atoms with Crippen LogP contribution >= 0.6 is 0 Å². The van der Waals surface area contributed by atoms with Crippen molar-refractivity contribution in [1.82, 2.24) is 5.32 Å². The summed E-state index contributed by atoms with van der Waals surface area (Å²) in [4.78, 5) is 10.2. The molecule has 0 saturated carbocycles. The summed E-state index contributed by atoms with van der Waals surface area (Å²) in [5.74, 6) is 0.742. The Morgan fingerprint density at radius 1 is 0.828 bits per heavy atom. The highest BCUT2D eigenvalue weighted by molar-refractivity contribution is 5.71. The van der Waals surface area contributed by atoms with Gasteiger partial charge in [0.25, 0.3) is 0 Å². The quantitative estimate of drug-likeness (QED) is 0.318. The van der Waals surface area contributed by atoms with Crippen molar-refractivity contribution in [2.75, 3.05) is 39.6 Å². The molecule has 0 aromatic heterocycles. The van der Waals surface area contributed by atoms with E-state index in [1.165, 1.54) is 6.07 Å². The topological polar surface area (TPSA) is 117 Å². The standard InChI is InChI=1S/C21H25NO7/c23-18-13-17(14-19(24)15-18)2-1-16-3-5-20(6-4-16)29-12-11-28-10-9-27-8-7-22-21(25)26/h1-6,13-15,22-24H,7-12H2,(H,25,26)/b2-1+. The van der Waals surface area contributed by atoms with Crippen LogP contribution in [0.5, 0.6) is 17.2 Å². The molecule has 0 aliphatic rings. The Hall–Kier alpha value is -3.23. The molecule has 0 unspecified atom stereocenters. The number of rotatable bonds is 12. The van der Waals surface area contributed by atoms with Crippen molar-refractivity contribution in [3.8, 4) is 17.2 Å². The predicted molar refractivity (Wildman–Crippen MR) is 108 cm³/mol. The van der Waals surface area contributed by atoms with Crippen LogP contribution < -0.4 is 10.1 Å². The lowest BCUT2D eigenvalue weighted by atomic mass is 10.1. The van der Waals surface area contributed by atoms with E-state index in [1.54, 1.807) is 18.2 Å². The molecule has 0 fully saturated rings. The van der Waals surface area contributed by atoms with Gasteiger partial charge in [-0.05, 0) is 35.4 Å². The second-order valence-electron chi connectivity index (χ2n) is 5.99. The normalized spacial score (nSPS) is 10.9. The molecule has 0 radical (unpaired) electrons. The molecule has 0 aliphatic heterocycles. The summed E-state index contributed by atoms with van der Waals surface area (Å²) in [6.07, 6.45) is 2.60. The van der Waals surface area contributed by atoms with Gasteiger partial charge in [0.05, 0.1) is 26.4 Å². The Kier molecular flexibility index (Phi) is 9.34. The van der Waals surface area contributed by atoms with E-state index in [0.717, 1.165) is 11.3 Å². The molecule has 2 rings (SSSR count). The van der Waals surface area contributed by atoms with Gasteiger partial charge in [0.1, 0.15) is 23.9 Å². The van der Waals surface area contributed by atoms with E-state index >= 15 is 0 Å². The monoisotopic (exact) mass is 403 g/mol. The first-order chi connectivity index (χ1) is 14.0. The molecular formula is C21H25NO7. The van der Waals surface area contributed by atoms with E-state index in [-0.39, 0.29) is 18.0 Å². The molecule has 0 saturated heterocycles. The molecule has 0 bridgehead atoms. The Morgan fingerprint density at radius 2 is 1.41 bits per heavy atom. The molecule has 0 heterocycles. The Balaban J connectivity index is 1.60. The third-order valence-corrected chi connectivity index (χ3v) is 3.66. The van der Waals surface area contributed by atoms with Crippen molar-refractivity contribution in [2.45, 2.75) is 0 Å². The second kappa shape index (κ2) is 12.3. The number of benzene rings is 2. The van der Waals surface area contributed by atoms with E-state index in [4.69, 9.17) is 19.3 Å². The molecular weight excluding hydrogens is 378 g/mol. The van der Waals surface area contributed by atoms with E-state index in [2.05, 4.69) is 5.32 Å². The molecule has 2 aromatic carbocycles. The van der Waals surface area contributed by atoms with Crippen LogP contribution in [0, 0.1) is 0 Å². The first-order valence-electron chi connectivity index (χ1n) is 9.09. The van der Waals surface area contributed by atoms with Crippen molar-refractivity contribution in [3.63, 3.8) is 0 Å². The summed E-state index contributed by atoms with van der Waals surface area (Å²) in [6, 6.07) is 11.9. The van der Waals surface area contributed by atoms with Gasteiger partial charge in [0.15, 0.2) is 0 Å². The van der Waals surface area contributed by atoms with Gasteiger partial charge in [-0.3, -0.25) is 0 Å². The number of carboxylic acid groups (broad SMARTS) is 1. The molecule has 8 heteroatoms. The molecule has 4 N–H and O–H groups in total. The maximum atomic E-state index is 10.2. The predicted octanol–water partition coefficient (Wildman–Crippen LogP) is 2.95. The number of carbonyl (C=O) groups is 1. The molecule has 0 spiro atoms. The number of hydrogen-bond donors (Lipinski definition) is 4. The van der Waals surface area contributed by atoms with Crippen molar-refractivity contribution in [2.24, 2.45) is 0 Å². The molecule has 29 heavy (non-hydrogen) atoms. The highest BCUT2D eigenvalue weighted by Crippen LogP contribution is 2.22. The first-order valence-corrected chi connectivity index (χ1v) is 9.09. The van der Waals surface area contributed by atoms with Crippen molar-refractivity contribution >= 4 is 18.2 Å². The van der Waals surface area contributed by atoms with Gasteiger partial charge in [-0.2, -0.15) is 0 Å². The summed E-state index contributed by atoms with van der Waals surface area (Å²) in [5, 5.41) is 29.6. The van der Waals surface area contributed by atoms with Crippen LogP contribution in [0.25, 0.3) is 12.2 Å². The fraction of sp³-hybridized carbons (Fsp3) is 0.286. The third-order valence-electron chi connectivity index (χ3n) is 3.66. The summed E-state index contributed by atoms with van der Waals surface area (Å²) in [6.45, 7) is 2.17. The van der Waals surface area contributed by atoms with Crippen LogP contribution in [0.15, 0.2) is 42.5 Å². The Bertz CT molecular complexity index is 770. The number of nitrogens with one attached hydrogen (secondary N) is 1. The molecule has 0 atom stereocenters. The molecule has 156 valence electrons. The van der Waals surface area contributed by atoms with Crippen LogP contribution in [0.4, 0.5) is 4.79 Å². The van der Waals surface area contributed by atoms with Gasteiger partial charge in [0.2, 0.25) is 0 Å². The lowest BCUT2D eigenvalue weighted by Gasteiger charge is -2.08. The van der Waals surface area contributed by atoms with Gasteiger partial charge >= 0.3 is 6.09 Å². The fourth-order valence-electron chi connectivity index (χ4n) is 2.35. The minimum absolute atomic E-state index is 0.0115. The van der Waals surface area contributed by atoms with E-state index in [9.17, 15) is 15.0 Å². The SMILES string of the molecule is O=C(O)NCCOCCOCCOc1ccc(/C=C/c2cc(O)cc(O)c2)cc1. The largest absolute Gasteiger partial charge is 0.508 e. The molecule has 8 nitrogen and oxygen atoms in total. The van der Waals surface area contributed by atoms with E-state index in [0.29, 0.717) is 38.6 Å². The first kappa shape index (κ1) is 22.1. The van der Waals surface area contributed by atoms with Crippen LogP contribution in [0.1, 0.15) is 11.1 Å². The number of amides is 1. The molecule has 1 amide bonds. The van der Waals surface area contributed by atoms with Crippen molar-refractivity contribution in [1.29, 1.82) is 0 Å². The lowest BCUT2D eigenvalue weighted by Crippen LogP contribution is -2.25. The minimum Gasteiger partial charge on any atom is -0.508 e. The van der Waals surface area contributed by atoms with E-state index < -0.39 is 6.09 Å². The number of hydrogen-bond acceptors (Lipinski definition) is 6.